The van der Waals surface area contributed by atoms with Gasteiger partial charge < -0.3 is 16.4 Å². The molecule has 0 aliphatic heterocycles. The average Bonchev–Trinajstić information content (AvgIpc) is 2.60. The van der Waals surface area contributed by atoms with Gasteiger partial charge in [-0.3, -0.25) is 4.79 Å². The van der Waals surface area contributed by atoms with E-state index in [1.807, 2.05) is 36.4 Å². The van der Waals surface area contributed by atoms with Crippen LogP contribution in [0.15, 0.2) is 65.6 Å². The van der Waals surface area contributed by atoms with Gasteiger partial charge in [0.15, 0.2) is 0 Å². The molecular formula is C19H16ClN3O2S. The maximum atomic E-state index is 12.3. The van der Waals surface area contributed by atoms with E-state index in [0.29, 0.717) is 16.4 Å². The fourth-order valence-electron chi connectivity index (χ4n) is 2.54. The van der Waals surface area contributed by atoms with Crippen molar-refractivity contribution in [1.82, 2.24) is 0 Å². The number of amides is 3. The summed E-state index contributed by atoms with van der Waals surface area (Å²) in [6.45, 7) is 0. The van der Waals surface area contributed by atoms with Crippen LogP contribution in [0.4, 0.5) is 16.2 Å². The molecule has 0 unspecified atom stereocenters. The Balaban J connectivity index is 1.68. The van der Waals surface area contributed by atoms with Crippen LogP contribution in [0.3, 0.4) is 0 Å². The van der Waals surface area contributed by atoms with Crippen molar-refractivity contribution >= 4 is 57.4 Å². The van der Waals surface area contributed by atoms with Gasteiger partial charge in [-0.15, -0.1) is 11.8 Å². The number of urea groups is 1. The molecule has 0 radical (unpaired) electrons. The Morgan fingerprint density at radius 2 is 1.62 bits per heavy atom. The van der Waals surface area contributed by atoms with Gasteiger partial charge in [-0.25, -0.2) is 4.79 Å². The van der Waals surface area contributed by atoms with Gasteiger partial charge >= 0.3 is 6.03 Å². The fraction of sp³-hybridized carbons (Fsp3) is 0.0526. The Hall–Kier alpha value is -2.70. The highest BCUT2D eigenvalue weighted by Gasteiger charge is 2.09. The molecule has 0 atom stereocenters. The summed E-state index contributed by atoms with van der Waals surface area (Å²) in [7, 11) is 0. The largest absolute Gasteiger partial charge is 0.351 e. The van der Waals surface area contributed by atoms with Crippen LogP contribution in [0.2, 0.25) is 5.02 Å². The maximum Gasteiger partial charge on any atom is 0.316 e. The lowest BCUT2D eigenvalue weighted by molar-refractivity contribution is -0.113. The second kappa shape index (κ2) is 8.12. The number of benzene rings is 3. The Bertz CT molecular complexity index is 973. The molecule has 0 spiro atoms. The molecule has 0 aliphatic rings. The molecule has 3 amide bonds. The summed E-state index contributed by atoms with van der Waals surface area (Å²) in [5.74, 6) is 0.0768. The van der Waals surface area contributed by atoms with E-state index in [1.165, 1.54) is 11.8 Å². The van der Waals surface area contributed by atoms with E-state index in [2.05, 4.69) is 10.6 Å². The summed E-state index contributed by atoms with van der Waals surface area (Å²) in [6.07, 6.45) is 0. The monoisotopic (exact) mass is 385 g/mol. The van der Waals surface area contributed by atoms with E-state index in [-0.39, 0.29) is 11.7 Å². The number of nitrogens with two attached hydrogens (primary N) is 1. The Morgan fingerprint density at radius 3 is 2.35 bits per heavy atom. The molecule has 0 aliphatic carbocycles. The Labute approximate surface area is 159 Å². The summed E-state index contributed by atoms with van der Waals surface area (Å²) in [4.78, 5) is 24.1. The number of thioether (sulfide) groups is 1. The van der Waals surface area contributed by atoms with Gasteiger partial charge in [-0.2, -0.15) is 0 Å². The van der Waals surface area contributed by atoms with Crippen molar-refractivity contribution in [2.45, 2.75) is 4.90 Å². The number of fused-ring (bicyclic) bond motifs is 1. The van der Waals surface area contributed by atoms with E-state index in [9.17, 15) is 9.59 Å². The summed E-state index contributed by atoms with van der Waals surface area (Å²) < 4.78 is 0. The number of hydrogen-bond acceptors (Lipinski definition) is 3. The molecule has 0 saturated carbocycles. The van der Waals surface area contributed by atoms with Crippen molar-refractivity contribution in [3.63, 3.8) is 0 Å². The molecule has 0 heterocycles. The average molecular weight is 386 g/mol. The number of hydrogen-bond donors (Lipinski definition) is 3. The summed E-state index contributed by atoms with van der Waals surface area (Å²) in [5, 5.41) is 7.92. The Kier molecular flexibility index (Phi) is 5.65. The van der Waals surface area contributed by atoms with Gasteiger partial charge in [-0.05, 0) is 35.7 Å². The zero-order valence-electron chi connectivity index (χ0n) is 13.7. The first-order valence-corrected chi connectivity index (χ1v) is 9.16. The van der Waals surface area contributed by atoms with Crippen LogP contribution >= 0.6 is 23.4 Å². The van der Waals surface area contributed by atoms with Crippen LogP contribution in [-0.2, 0) is 4.79 Å². The number of rotatable bonds is 5. The van der Waals surface area contributed by atoms with Crippen molar-refractivity contribution in [2.24, 2.45) is 5.73 Å². The van der Waals surface area contributed by atoms with E-state index < -0.39 is 6.03 Å². The summed E-state index contributed by atoms with van der Waals surface area (Å²) in [5.41, 5.74) is 6.19. The van der Waals surface area contributed by atoms with Crippen LogP contribution in [0.1, 0.15) is 0 Å². The Morgan fingerprint density at radius 1 is 0.962 bits per heavy atom. The molecule has 5 nitrogen and oxygen atoms in total. The second-order valence-electron chi connectivity index (χ2n) is 5.50. The van der Waals surface area contributed by atoms with Crippen molar-refractivity contribution in [3.05, 3.63) is 65.7 Å². The molecule has 3 aromatic carbocycles. The standard InChI is InChI=1S/C19H16ClN3O2S/c20-15-8-1-4-12-5-2-9-16(18(12)15)26-11-17(24)22-13-6-3-7-14(10-13)23-19(21)25/h1-10H,11H2,(H,22,24)(H3,21,23,25). The number of nitrogens with one attached hydrogen (secondary N) is 2. The van der Waals surface area contributed by atoms with Crippen LogP contribution < -0.4 is 16.4 Å². The molecular weight excluding hydrogens is 370 g/mol. The zero-order valence-corrected chi connectivity index (χ0v) is 15.2. The van der Waals surface area contributed by atoms with E-state index in [4.69, 9.17) is 17.3 Å². The molecule has 4 N–H and O–H groups in total. The van der Waals surface area contributed by atoms with Gasteiger partial charge in [0.2, 0.25) is 5.91 Å². The first-order chi connectivity index (χ1) is 12.5. The SMILES string of the molecule is NC(=O)Nc1cccc(NC(=O)CSc2cccc3cccc(Cl)c23)c1. The van der Waals surface area contributed by atoms with Gasteiger partial charge in [0.05, 0.1) is 5.75 Å². The maximum absolute atomic E-state index is 12.3. The van der Waals surface area contributed by atoms with E-state index >= 15 is 0 Å². The number of carbonyl (C=O) groups excluding carboxylic acids is 2. The van der Waals surface area contributed by atoms with Crippen LogP contribution in [-0.4, -0.2) is 17.7 Å². The molecule has 0 bridgehead atoms. The van der Waals surface area contributed by atoms with Crippen LogP contribution in [0.5, 0.6) is 0 Å². The van der Waals surface area contributed by atoms with E-state index in [1.54, 1.807) is 24.3 Å². The molecule has 7 heteroatoms. The normalized spacial score (nSPS) is 10.5. The molecule has 0 fully saturated rings. The summed E-state index contributed by atoms with van der Waals surface area (Å²) >= 11 is 7.73. The number of halogens is 1. The molecule has 132 valence electrons. The lowest BCUT2D eigenvalue weighted by atomic mass is 10.1. The van der Waals surface area contributed by atoms with Crippen LogP contribution in [0.25, 0.3) is 10.8 Å². The van der Waals surface area contributed by atoms with Crippen molar-refractivity contribution < 1.29 is 9.59 Å². The smallest absolute Gasteiger partial charge is 0.316 e. The second-order valence-corrected chi connectivity index (χ2v) is 6.93. The first-order valence-electron chi connectivity index (χ1n) is 7.79. The number of primary amides is 1. The van der Waals surface area contributed by atoms with Gasteiger partial charge in [0, 0.05) is 26.7 Å². The predicted octanol–water partition coefficient (Wildman–Crippen LogP) is 4.71. The molecule has 3 rings (SSSR count). The molecule has 26 heavy (non-hydrogen) atoms. The highest BCUT2D eigenvalue weighted by atomic mass is 35.5. The lowest BCUT2D eigenvalue weighted by Crippen LogP contribution is -2.19. The van der Waals surface area contributed by atoms with Crippen molar-refractivity contribution in [3.8, 4) is 0 Å². The minimum atomic E-state index is -0.656. The fourth-order valence-corrected chi connectivity index (χ4v) is 3.79. The molecule has 3 aromatic rings. The van der Waals surface area contributed by atoms with Gasteiger partial charge in [0.25, 0.3) is 0 Å². The first kappa shape index (κ1) is 18.1. The third kappa shape index (κ3) is 4.47. The highest BCUT2D eigenvalue weighted by molar-refractivity contribution is 8.00. The minimum Gasteiger partial charge on any atom is -0.351 e. The number of anilines is 2. The zero-order chi connectivity index (χ0) is 18.5. The quantitative estimate of drug-likeness (QED) is 0.556. The van der Waals surface area contributed by atoms with Crippen LogP contribution in [0, 0.1) is 0 Å². The lowest BCUT2D eigenvalue weighted by Gasteiger charge is -2.09. The van der Waals surface area contributed by atoms with E-state index in [0.717, 1.165) is 15.7 Å². The minimum absolute atomic E-state index is 0.157. The van der Waals surface area contributed by atoms with Gasteiger partial charge in [0.1, 0.15) is 0 Å². The number of carbonyl (C=O) groups is 2. The third-order valence-corrected chi connectivity index (χ3v) is 4.96. The predicted molar refractivity (Wildman–Crippen MR) is 108 cm³/mol. The highest BCUT2D eigenvalue weighted by Crippen LogP contribution is 2.33. The topological polar surface area (TPSA) is 84.2 Å². The van der Waals surface area contributed by atoms with Crippen molar-refractivity contribution in [2.75, 3.05) is 16.4 Å². The molecule has 0 saturated heterocycles. The third-order valence-electron chi connectivity index (χ3n) is 3.59. The van der Waals surface area contributed by atoms with Gasteiger partial charge in [-0.1, -0.05) is 41.9 Å². The molecule has 0 aromatic heterocycles. The summed E-state index contributed by atoms with van der Waals surface area (Å²) in [6, 6.07) is 17.7. The van der Waals surface area contributed by atoms with Crippen molar-refractivity contribution in [1.29, 1.82) is 0 Å².